The first-order valence-electron chi connectivity index (χ1n) is 6.18. The van der Waals surface area contributed by atoms with Crippen LogP contribution in [-0.4, -0.2) is 7.11 Å². The Balaban J connectivity index is 2.42. The van der Waals surface area contributed by atoms with Gasteiger partial charge in [-0.15, -0.1) is 11.6 Å². The van der Waals surface area contributed by atoms with Crippen molar-refractivity contribution in [3.63, 3.8) is 0 Å². The zero-order valence-electron chi connectivity index (χ0n) is 11.5. The molecule has 0 aliphatic rings. The van der Waals surface area contributed by atoms with E-state index in [9.17, 15) is 0 Å². The fraction of sp³-hybridized carbons (Fsp3) is 0.250. The van der Waals surface area contributed by atoms with Crippen LogP contribution >= 0.6 is 39.1 Å². The standard InChI is InChI=1S/C16H15BrCl2O/c1-9-6-12(7-10(2)16(9)20-3)15(19)11-4-5-13(17)14(18)8-11/h4-8,15H,1-3H3. The summed E-state index contributed by atoms with van der Waals surface area (Å²) >= 11 is 16.1. The molecule has 0 aliphatic carbocycles. The van der Waals surface area contributed by atoms with Crippen molar-refractivity contribution < 1.29 is 4.74 Å². The van der Waals surface area contributed by atoms with Crippen molar-refractivity contribution >= 4 is 39.1 Å². The van der Waals surface area contributed by atoms with Gasteiger partial charge in [0.1, 0.15) is 5.75 Å². The first-order valence-corrected chi connectivity index (χ1v) is 7.79. The Morgan fingerprint density at radius 1 is 1.05 bits per heavy atom. The van der Waals surface area contributed by atoms with E-state index in [1.54, 1.807) is 7.11 Å². The minimum Gasteiger partial charge on any atom is -0.496 e. The quantitative estimate of drug-likeness (QED) is 0.594. The molecule has 0 N–H and O–H groups in total. The Labute approximate surface area is 138 Å². The summed E-state index contributed by atoms with van der Waals surface area (Å²) in [7, 11) is 1.68. The molecule has 0 bridgehead atoms. The second-order valence-electron chi connectivity index (χ2n) is 4.72. The highest BCUT2D eigenvalue weighted by Gasteiger charge is 2.15. The number of aryl methyl sites for hydroxylation is 2. The normalized spacial score (nSPS) is 12.3. The highest BCUT2D eigenvalue weighted by atomic mass is 79.9. The van der Waals surface area contributed by atoms with Gasteiger partial charge in [0.2, 0.25) is 0 Å². The van der Waals surface area contributed by atoms with Crippen molar-refractivity contribution in [2.24, 2.45) is 0 Å². The molecular formula is C16H15BrCl2O. The van der Waals surface area contributed by atoms with Crippen LogP contribution in [0, 0.1) is 13.8 Å². The predicted octanol–water partition coefficient (Wildman–Crippen LogP) is 6.06. The van der Waals surface area contributed by atoms with Gasteiger partial charge >= 0.3 is 0 Å². The van der Waals surface area contributed by atoms with Crippen molar-refractivity contribution in [1.29, 1.82) is 0 Å². The molecular weight excluding hydrogens is 359 g/mol. The third-order valence-electron chi connectivity index (χ3n) is 3.22. The highest BCUT2D eigenvalue weighted by Crippen LogP contribution is 2.36. The second-order valence-corrected chi connectivity index (χ2v) is 6.42. The van der Waals surface area contributed by atoms with Crippen LogP contribution in [0.3, 0.4) is 0 Å². The second kappa shape index (κ2) is 6.38. The summed E-state index contributed by atoms with van der Waals surface area (Å²) in [5.41, 5.74) is 4.18. The first-order chi connectivity index (χ1) is 9.43. The number of ether oxygens (including phenoxy) is 1. The molecule has 106 valence electrons. The monoisotopic (exact) mass is 372 g/mol. The van der Waals surface area contributed by atoms with Crippen molar-refractivity contribution in [2.45, 2.75) is 19.2 Å². The molecule has 2 aromatic rings. The van der Waals surface area contributed by atoms with Crippen LogP contribution in [0.25, 0.3) is 0 Å². The van der Waals surface area contributed by atoms with E-state index in [2.05, 4.69) is 28.1 Å². The fourth-order valence-corrected chi connectivity index (χ4v) is 3.01. The summed E-state index contributed by atoms with van der Waals surface area (Å²) in [6.45, 7) is 4.04. The Bertz CT molecular complexity index is 617. The van der Waals surface area contributed by atoms with Gasteiger partial charge in [-0.3, -0.25) is 0 Å². The van der Waals surface area contributed by atoms with Gasteiger partial charge in [-0.25, -0.2) is 0 Å². The zero-order chi connectivity index (χ0) is 14.9. The lowest BCUT2D eigenvalue weighted by Crippen LogP contribution is -1.98. The number of alkyl halides is 1. The van der Waals surface area contributed by atoms with E-state index in [1.165, 1.54) is 0 Å². The molecule has 0 fully saturated rings. The maximum absolute atomic E-state index is 6.58. The molecule has 0 saturated carbocycles. The largest absolute Gasteiger partial charge is 0.496 e. The molecule has 1 unspecified atom stereocenters. The third-order valence-corrected chi connectivity index (χ3v) is 4.95. The fourth-order valence-electron chi connectivity index (χ4n) is 2.31. The highest BCUT2D eigenvalue weighted by molar-refractivity contribution is 9.10. The topological polar surface area (TPSA) is 9.23 Å². The van der Waals surface area contributed by atoms with E-state index in [0.717, 1.165) is 32.5 Å². The molecule has 4 heteroatoms. The lowest BCUT2D eigenvalue weighted by molar-refractivity contribution is 0.408. The molecule has 2 rings (SSSR count). The molecule has 1 atom stereocenters. The molecule has 0 saturated heterocycles. The van der Waals surface area contributed by atoms with Crippen molar-refractivity contribution in [3.05, 3.63) is 62.1 Å². The molecule has 20 heavy (non-hydrogen) atoms. The maximum atomic E-state index is 6.58. The van der Waals surface area contributed by atoms with E-state index in [1.807, 2.05) is 32.0 Å². The Morgan fingerprint density at radius 3 is 2.15 bits per heavy atom. The maximum Gasteiger partial charge on any atom is 0.124 e. The summed E-state index contributed by atoms with van der Waals surface area (Å²) in [6.07, 6.45) is 0. The molecule has 0 heterocycles. The molecule has 0 aromatic heterocycles. The average molecular weight is 374 g/mol. The van der Waals surface area contributed by atoms with Crippen LogP contribution in [0.2, 0.25) is 5.02 Å². The molecule has 1 nitrogen and oxygen atoms in total. The Morgan fingerprint density at radius 2 is 1.65 bits per heavy atom. The number of halogens is 3. The van der Waals surface area contributed by atoms with Gasteiger partial charge in [-0.2, -0.15) is 0 Å². The van der Waals surface area contributed by atoms with Gasteiger partial charge in [0, 0.05) is 4.47 Å². The van der Waals surface area contributed by atoms with Crippen LogP contribution in [0.5, 0.6) is 5.75 Å². The van der Waals surface area contributed by atoms with Crippen molar-refractivity contribution in [2.75, 3.05) is 7.11 Å². The van der Waals surface area contributed by atoms with Gasteiger partial charge in [0.15, 0.2) is 0 Å². The Hall–Kier alpha value is -0.700. The van der Waals surface area contributed by atoms with E-state index in [-0.39, 0.29) is 5.38 Å². The number of rotatable bonds is 3. The van der Waals surface area contributed by atoms with Crippen LogP contribution < -0.4 is 4.74 Å². The zero-order valence-corrected chi connectivity index (χ0v) is 14.6. The molecule has 0 amide bonds. The summed E-state index contributed by atoms with van der Waals surface area (Å²) < 4.78 is 6.25. The molecule has 0 spiro atoms. The van der Waals surface area contributed by atoms with Crippen LogP contribution in [0.1, 0.15) is 27.6 Å². The van der Waals surface area contributed by atoms with Gasteiger partial charge in [0.05, 0.1) is 17.5 Å². The molecule has 0 radical (unpaired) electrons. The number of hydrogen-bond donors (Lipinski definition) is 0. The van der Waals surface area contributed by atoms with Gasteiger partial charge in [0.25, 0.3) is 0 Å². The van der Waals surface area contributed by atoms with E-state index in [0.29, 0.717) is 5.02 Å². The van der Waals surface area contributed by atoms with Crippen LogP contribution in [0.15, 0.2) is 34.8 Å². The number of benzene rings is 2. The smallest absolute Gasteiger partial charge is 0.124 e. The van der Waals surface area contributed by atoms with Crippen molar-refractivity contribution in [3.8, 4) is 5.75 Å². The number of methoxy groups -OCH3 is 1. The third kappa shape index (κ3) is 3.13. The minimum atomic E-state index is -0.232. The van der Waals surface area contributed by atoms with Gasteiger partial charge < -0.3 is 4.74 Å². The van der Waals surface area contributed by atoms with E-state index in [4.69, 9.17) is 27.9 Å². The summed E-state index contributed by atoms with van der Waals surface area (Å²) in [5.74, 6) is 0.909. The number of hydrogen-bond acceptors (Lipinski definition) is 1. The van der Waals surface area contributed by atoms with E-state index >= 15 is 0 Å². The van der Waals surface area contributed by atoms with Crippen LogP contribution in [0.4, 0.5) is 0 Å². The Kier molecular flexibility index (Phi) is 5.00. The van der Waals surface area contributed by atoms with Gasteiger partial charge in [-0.1, -0.05) is 29.8 Å². The molecule has 0 aliphatic heterocycles. The molecule has 2 aromatic carbocycles. The lowest BCUT2D eigenvalue weighted by atomic mass is 9.99. The first kappa shape index (κ1) is 15.7. The predicted molar refractivity (Wildman–Crippen MR) is 89.3 cm³/mol. The summed E-state index contributed by atoms with van der Waals surface area (Å²) in [6, 6.07) is 9.88. The SMILES string of the molecule is COc1c(C)cc(C(Cl)c2ccc(Br)c(Cl)c2)cc1C. The summed E-state index contributed by atoms with van der Waals surface area (Å²) in [4.78, 5) is 0. The van der Waals surface area contributed by atoms with Gasteiger partial charge in [-0.05, 0) is 64.2 Å². The van der Waals surface area contributed by atoms with E-state index < -0.39 is 0 Å². The minimum absolute atomic E-state index is 0.232. The van der Waals surface area contributed by atoms with Crippen molar-refractivity contribution in [1.82, 2.24) is 0 Å². The van der Waals surface area contributed by atoms with Crippen LogP contribution in [-0.2, 0) is 0 Å². The lowest BCUT2D eigenvalue weighted by Gasteiger charge is -2.16. The summed E-state index contributed by atoms with van der Waals surface area (Å²) in [5, 5.41) is 0.430. The average Bonchev–Trinajstić information content (AvgIpc) is 2.40.